The number of alkyl halides is 3. The lowest BCUT2D eigenvalue weighted by molar-refractivity contribution is -0.274. The highest BCUT2D eigenvalue weighted by atomic mass is 19.4. The first-order valence-corrected chi connectivity index (χ1v) is 9.17. The van der Waals surface area contributed by atoms with E-state index in [0.717, 1.165) is 24.3 Å². The highest BCUT2D eigenvalue weighted by molar-refractivity contribution is 5.94. The Bertz CT molecular complexity index is 1100. The van der Waals surface area contributed by atoms with Gasteiger partial charge in [0.05, 0.1) is 12.3 Å². The molecule has 3 aromatic rings. The van der Waals surface area contributed by atoms with Gasteiger partial charge < -0.3 is 15.2 Å². The van der Waals surface area contributed by atoms with Gasteiger partial charge in [-0.2, -0.15) is 0 Å². The molecule has 3 rings (SSSR count). The maximum atomic E-state index is 13.7. The zero-order chi connectivity index (χ0) is 23.5. The molecule has 0 aliphatic rings. The summed E-state index contributed by atoms with van der Waals surface area (Å²) < 4.78 is 68.3. The Labute approximate surface area is 178 Å². The third kappa shape index (κ3) is 5.97. The van der Waals surface area contributed by atoms with Crippen molar-refractivity contribution >= 4 is 5.91 Å². The van der Waals surface area contributed by atoms with Crippen LogP contribution in [0.2, 0.25) is 0 Å². The van der Waals surface area contributed by atoms with Crippen molar-refractivity contribution in [2.75, 3.05) is 6.61 Å². The molecule has 2 N–H and O–H groups in total. The van der Waals surface area contributed by atoms with Crippen molar-refractivity contribution in [2.45, 2.75) is 19.3 Å². The number of amides is 1. The second-order valence-corrected chi connectivity index (χ2v) is 6.75. The number of aliphatic hydroxyl groups excluding tert-OH is 1. The Morgan fingerprint density at radius 3 is 2.22 bits per heavy atom. The number of halogens is 5. The number of ether oxygens (including phenoxy) is 1. The van der Waals surface area contributed by atoms with E-state index in [4.69, 9.17) is 5.11 Å². The van der Waals surface area contributed by atoms with Crippen molar-refractivity contribution in [2.24, 2.45) is 0 Å². The van der Waals surface area contributed by atoms with Crippen LogP contribution in [-0.4, -0.2) is 40.0 Å². The molecule has 0 spiro atoms. The molecule has 0 fully saturated rings. The minimum atomic E-state index is -4.86. The van der Waals surface area contributed by atoms with Crippen LogP contribution in [0.25, 0.3) is 22.6 Å². The number of rotatable bonds is 6. The molecule has 0 aliphatic carbocycles. The molecule has 0 aliphatic heterocycles. The largest absolute Gasteiger partial charge is 0.573 e. The third-order valence-electron chi connectivity index (χ3n) is 4.11. The summed E-state index contributed by atoms with van der Waals surface area (Å²) in [6.45, 7) is 1.20. The van der Waals surface area contributed by atoms with E-state index in [1.807, 2.05) is 0 Å². The third-order valence-corrected chi connectivity index (χ3v) is 4.11. The average molecular weight is 453 g/mol. The summed E-state index contributed by atoms with van der Waals surface area (Å²) in [6.07, 6.45) is -4.86. The first-order valence-electron chi connectivity index (χ1n) is 9.17. The minimum Gasteiger partial charge on any atom is -0.406 e. The smallest absolute Gasteiger partial charge is 0.406 e. The lowest BCUT2D eigenvalue weighted by Gasteiger charge is -2.13. The van der Waals surface area contributed by atoms with Crippen molar-refractivity contribution in [1.82, 2.24) is 15.3 Å². The monoisotopic (exact) mass is 453 g/mol. The highest BCUT2D eigenvalue weighted by Gasteiger charge is 2.31. The number of carbonyl (C=O) groups excluding carboxylic acids is 1. The Kier molecular flexibility index (Phi) is 6.68. The molecule has 168 valence electrons. The number of nitrogens with one attached hydrogen (secondary N) is 1. The van der Waals surface area contributed by atoms with Crippen LogP contribution in [0, 0.1) is 11.6 Å². The molecule has 0 radical (unpaired) electrons. The quantitative estimate of drug-likeness (QED) is 0.549. The summed E-state index contributed by atoms with van der Waals surface area (Å²) >= 11 is 0. The van der Waals surface area contributed by atoms with Gasteiger partial charge in [0.25, 0.3) is 5.91 Å². The fourth-order valence-corrected chi connectivity index (χ4v) is 2.69. The Morgan fingerprint density at radius 1 is 1.03 bits per heavy atom. The molecule has 0 bridgehead atoms. The predicted molar refractivity (Wildman–Crippen MR) is 104 cm³/mol. The number of nitrogens with zero attached hydrogens (tertiary/aromatic N) is 2. The van der Waals surface area contributed by atoms with E-state index in [2.05, 4.69) is 20.0 Å². The molecular weight excluding hydrogens is 437 g/mol. The van der Waals surface area contributed by atoms with E-state index in [1.54, 1.807) is 6.92 Å². The second-order valence-electron chi connectivity index (χ2n) is 6.75. The zero-order valence-corrected chi connectivity index (χ0v) is 16.5. The lowest BCUT2D eigenvalue weighted by atomic mass is 10.1. The highest BCUT2D eigenvalue weighted by Crippen LogP contribution is 2.28. The zero-order valence-electron chi connectivity index (χ0n) is 16.5. The summed E-state index contributed by atoms with van der Waals surface area (Å²) in [7, 11) is 0. The predicted octanol–water partition coefficient (Wildman–Crippen LogP) is 4.10. The number of aromatic nitrogens is 2. The van der Waals surface area contributed by atoms with E-state index in [1.165, 1.54) is 18.2 Å². The second kappa shape index (κ2) is 9.27. The number of hydrogen-bond donors (Lipinski definition) is 2. The van der Waals surface area contributed by atoms with Crippen molar-refractivity contribution in [3.63, 3.8) is 0 Å². The van der Waals surface area contributed by atoms with E-state index in [-0.39, 0.29) is 29.4 Å². The van der Waals surface area contributed by atoms with Crippen LogP contribution in [0.5, 0.6) is 5.75 Å². The summed E-state index contributed by atoms with van der Waals surface area (Å²) in [5.41, 5.74) is 0.181. The summed E-state index contributed by atoms with van der Waals surface area (Å²) in [5.74, 6) is -3.11. The van der Waals surface area contributed by atoms with Gasteiger partial charge in [0.15, 0.2) is 5.82 Å². The van der Waals surface area contributed by atoms with Gasteiger partial charge >= 0.3 is 6.36 Å². The molecule has 1 unspecified atom stereocenters. The number of aliphatic hydroxyl groups is 1. The van der Waals surface area contributed by atoms with E-state index in [9.17, 15) is 26.7 Å². The topological polar surface area (TPSA) is 84.3 Å². The van der Waals surface area contributed by atoms with E-state index >= 15 is 0 Å². The van der Waals surface area contributed by atoms with E-state index < -0.39 is 35.7 Å². The average Bonchev–Trinajstić information content (AvgIpc) is 2.72. The van der Waals surface area contributed by atoms with Crippen molar-refractivity contribution < 1.29 is 36.6 Å². The molecule has 1 heterocycles. The minimum absolute atomic E-state index is 0.0503. The summed E-state index contributed by atoms with van der Waals surface area (Å²) in [5, 5.41) is 11.6. The molecular formula is C21H16F5N3O3. The SMILES string of the molecule is CC(CO)NC(=O)c1cc(-c2ccc(OC(F)(F)F)cc2)nc(-c2cc(F)cc(F)c2)n1. The van der Waals surface area contributed by atoms with Gasteiger partial charge in [-0.25, -0.2) is 18.7 Å². The molecule has 11 heteroatoms. The van der Waals surface area contributed by atoms with Gasteiger partial charge in [-0.1, -0.05) is 0 Å². The molecule has 0 saturated carbocycles. The fraction of sp³-hybridized carbons (Fsp3) is 0.190. The van der Waals surface area contributed by atoms with Gasteiger partial charge in [-0.3, -0.25) is 4.79 Å². The maximum absolute atomic E-state index is 13.7. The maximum Gasteiger partial charge on any atom is 0.573 e. The van der Waals surface area contributed by atoms with Crippen LogP contribution < -0.4 is 10.1 Å². The molecule has 1 amide bonds. The van der Waals surface area contributed by atoms with Crippen LogP contribution in [-0.2, 0) is 0 Å². The van der Waals surface area contributed by atoms with Crippen LogP contribution >= 0.6 is 0 Å². The Hall–Kier alpha value is -3.60. The number of benzene rings is 2. The van der Waals surface area contributed by atoms with Gasteiger partial charge in [0, 0.05) is 23.2 Å². The molecule has 1 aromatic heterocycles. The summed E-state index contributed by atoms with van der Waals surface area (Å²) in [4.78, 5) is 20.8. The standard InChI is InChI=1S/C21H16F5N3O3/c1-11(10-30)27-20(31)18-9-17(12-2-4-16(5-3-12)32-21(24,25)26)28-19(29-18)13-6-14(22)8-15(23)7-13/h2-9,11,30H,10H2,1H3,(H,27,31). The van der Waals surface area contributed by atoms with Crippen LogP contribution in [0.4, 0.5) is 22.0 Å². The number of hydrogen-bond acceptors (Lipinski definition) is 5. The van der Waals surface area contributed by atoms with Crippen molar-refractivity contribution in [3.8, 4) is 28.4 Å². The van der Waals surface area contributed by atoms with Crippen molar-refractivity contribution in [1.29, 1.82) is 0 Å². The molecule has 32 heavy (non-hydrogen) atoms. The first-order chi connectivity index (χ1) is 15.0. The normalized spacial score (nSPS) is 12.3. The van der Waals surface area contributed by atoms with Gasteiger partial charge in [-0.15, -0.1) is 13.2 Å². The Balaban J connectivity index is 2.06. The van der Waals surface area contributed by atoms with Crippen LogP contribution in [0.1, 0.15) is 17.4 Å². The molecule has 2 aromatic carbocycles. The van der Waals surface area contributed by atoms with Crippen molar-refractivity contribution in [3.05, 3.63) is 65.9 Å². The van der Waals surface area contributed by atoms with Gasteiger partial charge in [0.2, 0.25) is 0 Å². The molecule has 6 nitrogen and oxygen atoms in total. The first kappa shape index (κ1) is 23.1. The Morgan fingerprint density at radius 2 is 1.66 bits per heavy atom. The molecule has 0 saturated heterocycles. The van der Waals surface area contributed by atoms with Crippen LogP contribution in [0.3, 0.4) is 0 Å². The molecule has 1 atom stereocenters. The summed E-state index contributed by atoms with van der Waals surface area (Å²) in [6, 6.07) is 7.92. The lowest BCUT2D eigenvalue weighted by Crippen LogP contribution is -2.35. The van der Waals surface area contributed by atoms with Crippen LogP contribution in [0.15, 0.2) is 48.5 Å². The fourth-order valence-electron chi connectivity index (χ4n) is 2.69. The van der Waals surface area contributed by atoms with E-state index in [0.29, 0.717) is 11.6 Å². The number of carbonyl (C=O) groups is 1. The van der Waals surface area contributed by atoms with Gasteiger partial charge in [-0.05, 0) is 49.4 Å². The van der Waals surface area contributed by atoms with Gasteiger partial charge in [0.1, 0.15) is 23.1 Å².